The van der Waals surface area contributed by atoms with E-state index in [0.29, 0.717) is 17.3 Å². The minimum Gasteiger partial charge on any atom is -0.465 e. The number of hydrogen-bond acceptors (Lipinski definition) is 5. The van der Waals surface area contributed by atoms with Crippen LogP contribution in [-0.2, 0) is 11.3 Å². The van der Waals surface area contributed by atoms with Crippen LogP contribution in [-0.4, -0.2) is 27.6 Å². The number of methoxy groups -OCH3 is 1. The highest BCUT2D eigenvalue weighted by Gasteiger charge is 2.26. The van der Waals surface area contributed by atoms with Gasteiger partial charge in [-0.05, 0) is 48.1 Å². The minimum absolute atomic E-state index is 0.393. The van der Waals surface area contributed by atoms with E-state index in [1.54, 1.807) is 6.20 Å². The molecule has 3 heterocycles. The SMILES string of the molecule is COC(=O)c1cc(C2CC2)cnc1Nc1cnc2c(ccn2Cc2ccccc2)c1. The standard InChI is InChI=1S/C24H22N4O2/c1-30-24(29)21-12-19(17-7-8-17)13-25-22(21)27-20-11-18-9-10-28(23(18)26-14-20)15-16-5-3-2-4-6-16/h2-6,9-14,17H,7-8,15H2,1H3,(H,25,27). The molecule has 0 spiro atoms. The van der Waals surface area contributed by atoms with Gasteiger partial charge in [-0.2, -0.15) is 0 Å². The number of carbonyl (C=O) groups excluding carboxylic acids is 1. The molecule has 1 aliphatic rings. The van der Waals surface area contributed by atoms with Gasteiger partial charge in [0, 0.05) is 24.3 Å². The molecular formula is C24H22N4O2. The third kappa shape index (κ3) is 3.64. The van der Waals surface area contributed by atoms with Gasteiger partial charge in [-0.15, -0.1) is 0 Å². The maximum absolute atomic E-state index is 12.3. The summed E-state index contributed by atoms with van der Waals surface area (Å²) >= 11 is 0. The lowest BCUT2D eigenvalue weighted by atomic mass is 10.1. The molecule has 5 rings (SSSR count). The van der Waals surface area contributed by atoms with Crippen molar-refractivity contribution in [1.29, 1.82) is 0 Å². The second-order valence-corrected chi connectivity index (χ2v) is 7.62. The first-order chi connectivity index (χ1) is 14.7. The lowest BCUT2D eigenvalue weighted by molar-refractivity contribution is 0.0601. The Labute approximate surface area is 174 Å². The molecule has 0 radical (unpaired) electrons. The Balaban J connectivity index is 1.42. The number of benzene rings is 1. The van der Waals surface area contributed by atoms with Crippen molar-refractivity contribution in [2.24, 2.45) is 0 Å². The molecule has 0 saturated heterocycles. The van der Waals surface area contributed by atoms with E-state index in [4.69, 9.17) is 4.74 Å². The van der Waals surface area contributed by atoms with Crippen LogP contribution in [0.5, 0.6) is 0 Å². The van der Waals surface area contributed by atoms with E-state index >= 15 is 0 Å². The Morgan fingerprint density at radius 2 is 1.97 bits per heavy atom. The molecular weight excluding hydrogens is 376 g/mol. The molecule has 0 unspecified atom stereocenters. The zero-order valence-electron chi connectivity index (χ0n) is 16.7. The number of pyridine rings is 2. The largest absolute Gasteiger partial charge is 0.465 e. The van der Waals surface area contributed by atoms with Crippen LogP contribution in [0.2, 0.25) is 0 Å². The summed E-state index contributed by atoms with van der Waals surface area (Å²) in [5, 5.41) is 4.26. The van der Waals surface area contributed by atoms with Gasteiger partial charge >= 0.3 is 5.97 Å². The molecule has 6 heteroatoms. The molecule has 0 bridgehead atoms. The number of anilines is 2. The van der Waals surface area contributed by atoms with Crippen LogP contribution in [0.3, 0.4) is 0 Å². The first-order valence-electron chi connectivity index (χ1n) is 10.1. The fraction of sp³-hybridized carbons (Fsp3) is 0.208. The minimum atomic E-state index is -0.393. The smallest absolute Gasteiger partial charge is 0.341 e. The fourth-order valence-corrected chi connectivity index (χ4v) is 3.68. The van der Waals surface area contributed by atoms with Gasteiger partial charge in [0.25, 0.3) is 0 Å². The predicted octanol–water partition coefficient (Wildman–Crippen LogP) is 4.89. The third-order valence-corrected chi connectivity index (χ3v) is 5.42. The first-order valence-corrected chi connectivity index (χ1v) is 10.1. The maximum atomic E-state index is 12.3. The Morgan fingerprint density at radius 3 is 2.73 bits per heavy atom. The van der Waals surface area contributed by atoms with Gasteiger partial charge in [0.2, 0.25) is 0 Å². The molecule has 0 amide bonds. The lowest BCUT2D eigenvalue weighted by Gasteiger charge is -2.12. The zero-order chi connectivity index (χ0) is 20.5. The van der Waals surface area contributed by atoms with E-state index in [-0.39, 0.29) is 0 Å². The summed E-state index contributed by atoms with van der Waals surface area (Å²) in [5.74, 6) is 0.601. The highest BCUT2D eigenvalue weighted by atomic mass is 16.5. The monoisotopic (exact) mass is 398 g/mol. The summed E-state index contributed by atoms with van der Waals surface area (Å²) in [4.78, 5) is 21.4. The fourth-order valence-electron chi connectivity index (χ4n) is 3.68. The van der Waals surface area contributed by atoms with Gasteiger partial charge in [-0.1, -0.05) is 30.3 Å². The highest BCUT2D eigenvalue weighted by Crippen LogP contribution is 2.40. The second kappa shape index (κ2) is 7.63. The molecule has 6 nitrogen and oxygen atoms in total. The molecule has 1 aliphatic carbocycles. The molecule has 1 fully saturated rings. The normalized spacial score (nSPS) is 13.4. The quantitative estimate of drug-likeness (QED) is 0.469. The van der Waals surface area contributed by atoms with Crippen LogP contribution in [0.4, 0.5) is 11.5 Å². The number of ether oxygens (including phenoxy) is 1. The Morgan fingerprint density at radius 1 is 1.13 bits per heavy atom. The van der Waals surface area contributed by atoms with Crippen LogP contribution in [0.1, 0.15) is 40.2 Å². The summed E-state index contributed by atoms with van der Waals surface area (Å²) in [7, 11) is 1.39. The van der Waals surface area contributed by atoms with Crippen LogP contribution >= 0.6 is 0 Å². The van der Waals surface area contributed by atoms with Crippen molar-refractivity contribution < 1.29 is 9.53 Å². The zero-order valence-corrected chi connectivity index (χ0v) is 16.7. The summed E-state index contributed by atoms with van der Waals surface area (Å²) in [5.41, 5.74) is 4.45. The van der Waals surface area contributed by atoms with Gasteiger partial charge in [-0.25, -0.2) is 14.8 Å². The van der Waals surface area contributed by atoms with Crippen molar-refractivity contribution in [3.63, 3.8) is 0 Å². The number of fused-ring (bicyclic) bond motifs is 1. The van der Waals surface area contributed by atoms with E-state index in [2.05, 4.69) is 32.0 Å². The van der Waals surface area contributed by atoms with Crippen molar-refractivity contribution in [3.8, 4) is 0 Å². The lowest BCUT2D eigenvalue weighted by Crippen LogP contribution is -2.08. The van der Waals surface area contributed by atoms with Crippen LogP contribution < -0.4 is 5.32 Å². The second-order valence-electron chi connectivity index (χ2n) is 7.62. The number of carbonyl (C=O) groups is 1. The van der Waals surface area contributed by atoms with Crippen molar-refractivity contribution in [2.75, 3.05) is 12.4 Å². The summed E-state index contributed by atoms with van der Waals surface area (Å²) in [6.45, 7) is 0.765. The third-order valence-electron chi connectivity index (χ3n) is 5.42. The van der Waals surface area contributed by atoms with Gasteiger partial charge in [0.1, 0.15) is 17.0 Å². The van der Waals surface area contributed by atoms with E-state index in [1.165, 1.54) is 12.7 Å². The Kier molecular flexibility index (Phi) is 4.67. The van der Waals surface area contributed by atoms with Crippen molar-refractivity contribution in [2.45, 2.75) is 25.3 Å². The van der Waals surface area contributed by atoms with Gasteiger partial charge in [0.15, 0.2) is 0 Å². The number of nitrogens with one attached hydrogen (secondary N) is 1. The van der Waals surface area contributed by atoms with Crippen LogP contribution in [0.25, 0.3) is 11.0 Å². The Bertz CT molecular complexity index is 1210. The molecule has 1 N–H and O–H groups in total. The molecule has 0 atom stereocenters. The maximum Gasteiger partial charge on any atom is 0.341 e. The molecule has 3 aromatic heterocycles. The molecule has 4 aromatic rings. The first kappa shape index (κ1) is 18.4. The van der Waals surface area contributed by atoms with Crippen LogP contribution in [0, 0.1) is 0 Å². The molecule has 0 aliphatic heterocycles. The summed E-state index contributed by atoms with van der Waals surface area (Å²) in [6.07, 6.45) is 7.94. The molecule has 1 aromatic carbocycles. The van der Waals surface area contributed by atoms with Gasteiger partial charge in [0.05, 0.1) is 19.0 Å². The van der Waals surface area contributed by atoms with E-state index in [0.717, 1.165) is 41.7 Å². The number of rotatable bonds is 6. The summed E-state index contributed by atoms with van der Waals surface area (Å²) in [6, 6.07) is 16.2. The average molecular weight is 398 g/mol. The molecule has 1 saturated carbocycles. The number of nitrogens with zero attached hydrogens (tertiary/aromatic N) is 3. The van der Waals surface area contributed by atoms with Gasteiger partial charge < -0.3 is 14.6 Å². The molecule has 150 valence electrons. The van der Waals surface area contributed by atoms with E-state index < -0.39 is 5.97 Å². The Hall–Kier alpha value is -3.67. The molecule has 30 heavy (non-hydrogen) atoms. The van der Waals surface area contributed by atoms with Crippen molar-refractivity contribution in [3.05, 3.63) is 83.8 Å². The highest BCUT2D eigenvalue weighted by molar-refractivity contribution is 5.96. The number of aromatic nitrogens is 3. The average Bonchev–Trinajstić information content (AvgIpc) is 3.56. The van der Waals surface area contributed by atoms with E-state index in [1.807, 2.05) is 48.8 Å². The van der Waals surface area contributed by atoms with E-state index in [9.17, 15) is 4.79 Å². The van der Waals surface area contributed by atoms with Gasteiger partial charge in [-0.3, -0.25) is 0 Å². The van der Waals surface area contributed by atoms with Crippen LogP contribution in [0.15, 0.2) is 67.1 Å². The topological polar surface area (TPSA) is 69.0 Å². The summed E-state index contributed by atoms with van der Waals surface area (Å²) < 4.78 is 7.08. The van der Waals surface area contributed by atoms with Crippen molar-refractivity contribution >= 4 is 28.5 Å². The van der Waals surface area contributed by atoms with Crippen molar-refractivity contribution in [1.82, 2.24) is 14.5 Å². The number of hydrogen-bond donors (Lipinski definition) is 1. The predicted molar refractivity (Wildman–Crippen MR) is 116 cm³/mol. The number of esters is 1.